The summed E-state index contributed by atoms with van der Waals surface area (Å²) in [5.41, 5.74) is 6.87. The van der Waals surface area contributed by atoms with Crippen molar-refractivity contribution < 1.29 is 4.79 Å². The van der Waals surface area contributed by atoms with Gasteiger partial charge in [0.05, 0.1) is 6.04 Å². The molecule has 0 saturated carbocycles. The van der Waals surface area contributed by atoms with Crippen LogP contribution < -0.4 is 11.1 Å². The molecule has 2 rings (SSSR count). The zero-order valence-electron chi connectivity index (χ0n) is 10.4. The van der Waals surface area contributed by atoms with Crippen LogP contribution in [0.25, 0.3) is 0 Å². The Morgan fingerprint density at radius 1 is 1.47 bits per heavy atom. The largest absolute Gasteiger partial charge is 0.344 e. The second kappa shape index (κ2) is 6.14. The average Bonchev–Trinajstić information content (AvgIpc) is 2.88. The number of rotatable bonds is 4. The summed E-state index contributed by atoms with van der Waals surface area (Å²) in [5, 5.41) is 6.03. The summed E-state index contributed by atoms with van der Waals surface area (Å²) in [4.78, 5) is 16.1. The Bertz CT molecular complexity index is 568. The number of hydrogen-bond donors (Lipinski definition) is 2. The molecular weight excluding hydrogens is 282 g/mol. The molecule has 0 aliphatic carbocycles. The molecule has 1 aromatic heterocycles. The molecule has 1 aromatic carbocycles. The van der Waals surface area contributed by atoms with Crippen molar-refractivity contribution >= 4 is 28.8 Å². The Morgan fingerprint density at radius 3 is 2.74 bits per heavy atom. The van der Waals surface area contributed by atoms with Gasteiger partial charge in [-0.05, 0) is 24.6 Å². The SMILES string of the molecule is C[C@@H](NC(=O)c1csc(CN)n1)c1ccc(Cl)cc1. The summed E-state index contributed by atoms with van der Waals surface area (Å²) in [6, 6.07) is 7.27. The fourth-order valence-electron chi connectivity index (χ4n) is 1.61. The van der Waals surface area contributed by atoms with Crippen LogP contribution in [0.2, 0.25) is 5.02 Å². The summed E-state index contributed by atoms with van der Waals surface area (Å²) in [6.45, 7) is 2.27. The second-order valence-electron chi connectivity index (χ2n) is 4.08. The van der Waals surface area contributed by atoms with E-state index in [9.17, 15) is 4.79 Å². The minimum atomic E-state index is -0.196. The Hall–Kier alpha value is -1.43. The first-order valence-electron chi connectivity index (χ1n) is 5.81. The number of carbonyl (C=O) groups is 1. The van der Waals surface area contributed by atoms with Crippen molar-refractivity contribution in [2.24, 2.45) is 5.73 Å². The first kappa shape index (κ1) is 14.0. The number of hydrogen-bond acceptors (Lipinski definition) is 4. The van der Waals surface area contributed by atoms with Gasteiger partial charge in [-0.3, -0.25) is 4.79 Å². The number of aromatic nitrogens is 1. The van der Waals surface area contributed by atoms with Crippen LogP contribution in [-0.4, -0.2) is 10.9 Å². The van der Waals surface area contributed by atoms with E-state index in [1.807, 2.05) is 19.1 Å². The van der Waals surface area contributed by atoms with Gasteiger partial charge in [0, 0.05) is 16.9 Å². The zero-order valence-corrected chi connectivity index (χ0v) is 12.0. The lowest BCUT2D eigenvalue weighted by Gasteiger charge is -2.13. The van der Waals surface area contributed by atoms with Gasteiger partial charge in [0.25, 0.3) is 5.91 Å². The molecule has 1 atom stereocenters. The fourth-order valence-corrected chi connectivity index (χ4v) is 2.39. The number of thiazole rings is 1. The fraction of sp³-hybridized carbons (Fsp3) is 0.231. The van der Waals surface area contributed by atoms with Crippen molar-refractivity contribution in [3.63, 3.8) is 0 Å². The van der Waals surface area contributed by atoms with Gasteiger partial charge in [-0.2, -0.15) is 0 Å². The van der Waals surface area contributed by atoms with Crippen molar-refractivity contribution in [2.75, 3.05) is 0 Å². The summed E-state index contributed by atoms with van der Waals surface area (Å²) in [6.07, 6.45) is 0. The van der Waals surface area contributed by atoms with Crippen LogP contribution in [0.3, 0.4) is 0 Å². The summed E-state index contributed by atoms with van der Waals surface area (Å²) in [7, 11) is 0. The maximum Gasteiger partial charge on any atom is 0.271 e. The molecule has 100 valence electrons. The van der Waals surface area contributed by atoms with Crippen LogP contribution in [0.5, 0.6) is 0 Å². The molecule has 0 bridgehead atoms. The highest BCUT2D eigenvalue weighted by atomic mass is 35.5. The summed E-state index contributed by atoms with van der Waals surface area (Å²) in [5.74, 6) is -0.196. The third kappa shape index (κ3) is 3.53. The summed E-state index contributed by atoms with van der Waals surface area (Å²) >= 11 is 7.22. The first-order chi connectivity index (χ1) is 9.10. The number of benzene rings is 1. The van der Waals surface area contributed by atoms with Crippen LogP contribution >= 0.6 is 22.9 Å². The highest BCUT2D eigenvalue weighted by Crippen LogP contribution is 2.17. The molecule has 19 heavy (non-hydrogen) atoms. The molecule has 0 unspecified atom stereocenters. The minimum Gasteiger partial charge on any atom is -0.344 e. The standard InChI is InChI=1S/C13H14ClN3OS/c1-8(9-2-4-10(14)5-3-9)16-13(18)11-7-19-12(6-15)17-11/h2-5,7-8H,6,15H2,1H3,(H,16,18)/t8-/m1/s1. The molecular formula is C13H14ClN3OS. The Morgan fingerprint density at radius 2 is 2.16 bits per heavy atom. The van der Waals surface area contributed by atoms with E-state index in [4.69, 9.17) is 17.3 Å². The molecule has 0 aliphatic heterocycles. The number of nitrogens with one attached hydrogen (secondary N) is 1. The maximum absolute atomic E-state index is 12.0. The number of nitrogens with zero attached hydrogens (tertiary/aromatic N) is 1. The molecule has 1 heterocycles. The van der Waals surface area contributed by atoms with Crippen molar-refractivity contribution in [3.05, 3.63) is 50.9 Å². The number of nitrogens with two attached hydrogens (primary N) is 1. The Labute approximate surface area is 120 Å². The van der Waals surface area contributed by atoms with E-state index in [0.717, 1.165) is 10.6 Å². The second-order valence-corrected chi connectivity index (χ2v) is 5.46. The lowest BCUT2D eigenvalue weighted by Crippen LogP contribution is -2.26. The molecule has 4 nitrogen and oxygen atoms in total. The highest BCUT2D eigenvalue weighted by Gasteiger charge is 2.14. The van der Waals surface area contributed by atoms with Crippen LogP contribution in [0.4, 0.5) is 0 Å². The molecule has 0 saturated heterocycles. The van der Waals surface area contributed by atoms with Crippen LogP contribution in [-0.2, 0) is 6.54 Å². The molecule has 3 N–H and O–H groups in total. The van der Waals surface area contributed by atoms with E-state index in [-0.39, 0.29) is 11.9 Å². The summed E-state index contributed by atoms with van der Waals surface area (Å²) < 4.78 is 0. The first-order valence-corrected chi connectivity index (χ1v) is 7.06. The quantitative estimate of drug-likeness (QED) is 0.911. The van der Waals surface area contributed by atoms with E-state index in [0.29, 0.717) is 17.3 Å². The highest BCUT2D eigenvalue weighted by molar-refractivity contribution is 7.09. The lowest BCUT2D eigenvalue weighted by atomic mass is 10.1. The number of carbonyl (C=O) groups excluding carboxylic acids is 1. The van der Waals surface area contributed by atoms with E-state index < -0.39 is 0 Å². The van der Waals surface area contributed by atoms with Crippen molar-refractivity contribution in [3.8, 4) is 0 Å². The van der Waals surface area contributed by atoms with Gasteiger partial charge in [0.15, 0.2) is 0 Å². The molecule has 1 amide bonds. The van der Waals surface area contributed by atoms with Crippen LogP contribution in [0, 0.1) is 0 Å². The van der Waals surface area contributed by atoms with Crippen molar-refractivity contribution in [1.29, 1.82) is 0 Å². The van der Waals surface area contributed by atoms with Gasteiger partial charge in [-0.1, -0.05) is 23.7 Å². The van der Waals surface area contributed by atoms with Crippen molar-refractivity contribution in [2.45, 2.75) is 19.5 Å². The molecule has 0 aliphatic rings. The smallest absolute Gasteiger partial charge is 0.271 e. The Kier molecular flexibility index (Phi) is 4.52. The van der Waals surface area contributed by atoms with Crippen LogP contribution in [0.1, 0.15) is 34.0 Å². The minimum absolute atomic E-state index is 0.104. The third-order valence-electron chi connectivity index (χ3n) is 2.68. The monoisotopic (exact) mass is 295 g/mol. The predicted molar refractivity (Wildman–Crippen MR) is 77.3 cm³/mol. The predicted octanol–water partition coefficient (Wildman–Crippen LogP) is 2.75. The van der Waals surface area contributed by atoms with Gasteiger partial charge in [0.2, 0.25) is 0 Å². The molecule has 6 heteroatoms. The lowest BCUT2D eigenvalue weighted by molar-refractivity contribution is 0.0935. The van der Waals surface area contributed by atoms with Crippen LogP contribution in [0.15, 0.2) is 29.6 Å². The van der Waals surface area contributed by atoms with E-state index >= 15 is 0 Å². The number of amides is 1. The zero-order chi connectivity index (χ0) is 13.8. The van der Waals surface area contributed by atoms with Gasteiger partial charge in [0.1, 0.15) is 10.7 Å². The Balaban J connectivity index is 2.04. The van der Waals surface area contributed by atoms with Gasteiger partial charge >= 0.3 is 0 Å². The van der Waals surface area contributed by atoms with E-state index in [1.165, 1.54) is 11.3 Å². The molecule has 0 spiro atoms. The van der Waals surface area contributed by atoms with Gasteiger partial charge in [-0.25, -0.2) is 4.98 Å². The molecule has 2 aromatic rings. The molecule has 0 radical (unpaired) electrons. The van der Waals surface area contributed by atoms with Gasteiger partial charge < -0.3 is 11.1 Å². The average molecular weight is 296 g/mol. The maximum atomic E-state index is 12.0. The topological polar surface area (TPSA) is 68.0 Å². The van der Waals surface area contributed by atoms with Gasteiger partial charge in [-0.15, -0.1) is 11.3 Å². The normalized spacial score (nSPS) is 12.2. The van der Waals surface area contributed by atoms with E-state index in [2.05, 4.69) is 10.3 Å². The number of halogens is 1. The van der Waals surface area contributed by atoms with Crippen molar-refractivity contribution in [1.82, 2.24) is 10.3 Å². The van der Waals surface area contributed by atoms with E-state index in [1.54, 1.807) is 17.5 Å². The third-order valence-corrected chi connectivity index (χ3v) is 3.80. The molecule has 0 fully saturated rings.